The van der Waals surface area contributed by atoms with E-state index < -0.39 is 0 Å². The second-order valence-electron chi connectivity index (χ2n) is 4.93. The zero-order valence-corrected chi connectivity index (χ0v) is 14.3. The van der Waals surface area contributed by atoms with Crippen molar-refractivity contribution in [2.24, 2.45) is 0 Å². The highest BCUT2D eigenvalue weighted by Gasteiger charge is 1.95. The first-order valence-electron chi connectivity index (χ1n) is 8.20. The minimum Gasteiger partial charge on any atom is -0.466 e. The third kappa shape index (κ3) is 13.6. The Hall–Kier alpha value is -1.78. The molecule has 0 saturated carbocycles. The number of ether oxygens (including phenoxy) is 2. The van der Waals surface area contributed by atoms with Gasteiger partial charge in [0.25, 0.3) is 0 Å². The summed E-state index contributed by atoms with van der Waals surface area (Å²) in [4.78, 5) is 0. The van der Waals surface area contributed by atoms with E-state index in [1.165, 1.54) is 43.6 Å². The molecule has 0 atom stereocenters. The van der Waals surface area contributed by atoms with Gasteiger partial charge in [-0.1, -0.05) is 63.4 Å². The fourth-order valence-corrected chi connectivity index (χ4v) is 1.65. The molecule has 4 heteroatoms. The van der Waals surface area contributed by atoms with Crippen molar-refractivity contribution in [3.63, 3.8) is 0 Å². The Morgan fingerprint density at radius 3 is 2.00 bits per heavy atom. The van der Waals surface area contributed by atoms with E-state index in [2.05, 4.69) is 30.7 Å². The minimum atomic E-state index is -0.121. The summed E-state index contributed by atoms with van der Waals surface area (Å²) in [5, 5.41) is 16.9. The molecule has 0 unspecified atom stereocenters. The molecule has 1 aromatic carbocycles. The number of aliphatic hydroxyl groups excluding tert-OH is 2. The number of hydrogen-bond donors (Lipinski definition) is 2. The highest BCUT2D eigenvalue weighted by molar-refractivity contribution is 5.14. The van der Waals surface area contributed by atoms with Gasteiger partial charge in [0.05, 0.1) is 0 Å². The Bertz CT molecular complexity index is 411. The SMILES string of the molecule is CCCCC.OCC1=COC=CO1.OCCCc1ccccc1. The van der Waals surface area contributed by atoms with Gasteiger partial charge in [0.15, 0.2) is 5.76 Å². The Balaban J connectivity index is 0.000000335. The van der Waals surface area contributed by atoms with Crippen LogP contribution < -0.4 is 0 Å². The van der Waals surface area contributed by atoms with Crippen LogP contribution in [0.15, 0.2) is 54.9 Å². The number of hydrogen-bond acceptors (Lipinski definition) is 4. The molecule has 0 spiro atoms. The van der Waals surface area contributed by atoms with Gasteiger partial charge in [0, 0.05) is 6.61 Å². The summed E-state index contributed by atoms with van der Waals surface area (Å²) in [6.07, 6.45) is 10.0. The normalized spacial score (nSPS) is 11.7. The number of rotatable bonds is 6. The topological polar surface area (TPSA) is 58.9 Å². The molecule has 0 fully saturated rings. The minimum absolute atomic E-state index is 0.121. The standard InChI is InChI=1S/C9H12O.C5H6O3.C5H12/c10-8-4-7-9-5-2-1-3-6-9;6-3-5-4-7-1-2-8-5;1-3-5-4-2/h1-3,5-6,10H,4,7-8H2;1-2,4,6H,3H2;3-5H2,1-2H3. The van der Waals surface area contributed by atoms with Crippen LogP contribution in [0.25, 0.3) is 0 Å². The maximum absolute atomic E-state index is 8.53. The third-order valence-electron chi connectivity index (χ3n) is 2.88. The van der Waals surface area contributed by atoms with Crippen LogP contribution >= 0.6 is 0 Å². The molecule has 1 heterocycles. The Morgan fingerprint density at radius 1 is 0.913 bits per heavy atom. The van der Waals surface area contributed by atoms with Gasteiger partial charge in [-0.3, -0.25) is 0 Å². The molecule has 0 bridgehead atoms. The second kappa shape index (κ2) is 16.6. The number of benzene rings is 1. The molecule has 4 nitrogen and oxygen atoms in total. The van der Waals surface area contributed by atoms with Crippen molar-refractivity contribution in [3.8, 4) is 0 Å². The average Bonchev–Trinajstić information content (AvgIpc) is 2.63. The molecule has 2 rings (SSSR count). The smallest absolute Gasteiger partial charge is 0.164 e. The molecule has 23 heavy (non-hydrogen) atoms. The maximum Gasteiger partial charge on any atom is 0.164 e. The molecular formula is C19H30O4. The highest BCUT2D eigenvalue weighted by Crippen LogP contribution is 2.02. The second-order valence-corrected chi connectivity index (χ2v) is 4.93. The molecule has 1 aliphatic heterocycles. The lowest BCUT2D eigenvalue weighted by molar-refractivity contribution is 0.194. The predicted molar refractivity (Wildman–Crippen MR) is 93.5 cm³/mol. The van der Waals surface area contributed by atoms with E-state index >= 15 is 0 Å². The molecule has 130 valence electrons. The van der Waals surface area contributed by atoms with E-state index in [9.17, 15) is 0 Å². The van der Waals surface area contributed by atoms with Crippen molar-refractivity contribution >= 4 is 0 Å². The average molecular weight is 322 g/mol. The van der Waals surface area contributed by atoms with Crippen molar-refractivity contribution in [1.29, 1.82) is 0 Å². The Kier molecular flexibility index (Phi) is 15.3. The van der Waals surface area contributed by atoms with Gasteiger partial charge < -0.3 is 19.7 Å². The lowest BCUT2D eigenvalue weighted by Crippen LogP contribution is -1.95. The summed E-state index contributed by atoms with van der Waals surface area (Å²) in [5.74, 6) is 0.424. The van der Waals surface area contributed by atoms with E-state index in [-0.39, 0.29) is 13.2 Å². The summed E-state index contributed by atoms with van der Waals surface area (Å²) in [7, 11) is 0. The summed E-state index contributed by atoms with van der Waals surface area (Å²) in [6, 6.07) is 10.2. The van der Waals surface area contributed by atoms with Crippen LogP contribution in [-0.2, 0) is 15.9 Å². The quantitative estimate of drug-likeness (QED) is 0.826. The van der Waals surface area contributed by atoms with Gasteiger partial charge in [-0.2, -0.15) is 0 Å². The first-order chi connectivity index (χ1) is 11.3. The van der Waals surface area contributed by atoms with Crippen molar-refractivity contribution in [2.45, 2.75) is 46.0 Å². The summed E-state index contributed by atoms with van der Waals surface area (Å²) in [6.45, 7) is 4.59. The Morgan fingerprint density at radius 2 is 1.61 bits per heavy atom. The van der Waals surface area contributed by atoms with Gasteiger partial charge >= 0.3 is 0 Å². The third-order valence-corrected chi connectivity index (χ3v) is 2.88. The van der Waals surface area contributed by atoms with Crippen LogP contribution in [0.5, 0.6) is 0 Å². The fourth-order valence-electron chi connectivity index (χ4n) is 1.65. The van der Waals surface area contributed by atoms with Gasteiger partial charge in [0.2, 0.25) is 0 Å². The van der Waals surface area contributed by atoms with E-state index in [0.29, 0.717) is 5.76 Å². The van der Waals surface area contributed by atoms with Crippen molar-refractivity contribution in [1.82, 2.24) is 0 Å². The Labute approximate surface area is 140 Å². The van der Waals surface area contributed by atoms with Crippen molar-refractivity contribution in [3.05, 3.63) is 60.4 Å². The van der Waals surface area contributed by atoms with E-state index in [1.807, 2.05) is 18.2 Å². The van der Waals surface area contributed by atoms with Crippen molar-refractivity contribution < 1.29 is 19.7 Å². The molecule has 0 amide bonds. The number of aliphatic hydroxyl groups is 2. The fraction of sp³-hybridized carbons (Fsp3) is 0.474. The monoisotopic (exact) mass is 322 g/mol. The van der Waals surface area contributed by atoms with Gasteiger partial charge in [-0.25, -0.2) is 0 Å². The predicted octanol–water partition coefficient (Wildman–Crippen LogP) is 4.15. The van der Waals surface area contributed by atoms with Crippen LogP contribution in [-0.4, -0.2) is 23.4 Å². The number of unbranched alkanes of at least 4 members (excludes halogenated alkanes) is 2. The molecule has 2 N–H and O–H groups in total. The van der Waals surface area contributed by atoms with E-state index in [0.717, 1.165) is 12.8 Å². The van der Waals surface area contributed by atoms with E-state index in [4.69, 9.17) is 14.9 Å². The van der Waals surface area contributed by atoms with Gasteiger partial charge in [0.1, 0.15) is 25.4 Å². The molecule has 1 aromatic rings. The molecular weight excluding hydrogens is 292 g/mol. The molecule has 0 saturated heterocycles. The summed E-state index contributed by atoms with van der Waals surface area (Å²) in [5.41, 5.74) is 1.30. The van der Waals surface area contributed by atoms with Crippen molar-refractivity contribution in [2.75, 3.05) is 13.2 Å². The first kappa shape index (κ1) is 21.2. The summed E-state index contributed by atoms with van der Waals surface area (Å²) >= 11 is 0. The maximum atomic E-state index is 8.53. The van der Waals surface area contributed by atoms with Gasteiger partial charge in [-0.05, 0) is 18.4 Å². The van der Waals surface area contributed by atoms with E-state index in [1.54, 1.807) is 0 Å². The lowest BCUT2D eigenvalue weighted by atomic mass is 10.1. The van der Waals surface area contributed by atoms with Crippen LogP contribution in [0, 0.1) is 0 Å². The molecule has 0 aromatic heterocycles. The van der Waals surface area contributed by atoms with Crippen LogP contribution in [0.4, 0.5) is 0 Å². The molecule has 1 aliphatic rings. The zero-order chi connectivity index (χ0) is 17.2. The largest absolute Gasteiger partial charge is 0.466 e. The molecule has 0 radical (unpaired) electrons. The zero-order valence-electron chi connectivity index (χ0n) is 14.3. The van der Waals surface area contributed by atoms with Crippen LogP contribution in [0.3, 0.4) is 0 Å². The van der Waals surface area contributed by atoms with Gasteiger partial charge in [-0.15, -0.1) is 0 Å². The van der Waals surface area contributed by atoms with Crippen LogP contribution in [0.2, 0.25) is 0 Å². The lowest BCUT2D eigenvalue weighted by Gasteiger charge is -2.05. The van der Waals surface area contributed by atoms with Crippen LogP contribution in [0.1, 0.15) is 45.1 Å². The highest BCUT2D eigenvalue weighted by atomic mass is 16.5. The number of aryl methyl sites for hydroxylation is 1. The first-order valence-corrected chi connectivity index (χ1v) is 8.20. The molecule has 0 aliphatic carbocycles. The summed E-state index contributed by atoms with van der Waals surface area (Å²) < 4.78 is 9.38.